The van der Waals surface area contributed by atoms with Crippen molar-refractivity contribution in [1.82, 2.24) is 0 Å². The van der Waals surface area contributed by atoms with Crippen molar-refractivity contribution in [2.24, 2.45) is 0 Å². The average Bonchev–Trinajstić information content (AvgIpc) is 4.19. The Morgan fingerprint density at radius 2 is 0.461 bits per heavy atom. The molecule has 15 aromatic carbocycles. The molecule has 0 heteroatoms. The highest BCUT2D eigenvalue weighted by molar-refractivity contribution is 6.33. The SMILES string of the molecule is Cc1cccc(C)c1-c1c2c(c(-c3cccc4ccccc34)c3ccccc13)=c1ccc3c4ccc5c6c(ccc(c7ccc=2c1c73)c64)=c1c(-c2cccc3ccccc23)c2ccccc2c(-c2c(C)cccc2C)c1=5. The van der Waals surface area contributed by atoms with Gasteiger partial charge in [-0.3, -0.25) is 0 Å². The highest BCUT2D eigenvalue weighted by atomic mass is 14.3. The first kappa shape index (κ1) is 42.0. The summed E-state index contributed by atoms with van der Waals surface area (Å²) in [6.45, 7) is 9.18. The molecular weight excluding hydrogens is 913 g/mol. The van der Waals surface area contributed by atoms with E-state index in [4.69, 9.17) is 0 Å². The van der Waals surface area contributed by atoms with Crippen LogP contribution in [0, 0.1) is 69.4 Å². The Balaban J connectivity index is 1.10. The minimum absolute atomic E-state index is 1.26. The van der Waals surface area contributed by atoms with E-state index < -0.39 is 0 Å². The Hall–Kier alpha value is -9.36. The van der Waals surface area contributed by atoms with E-state index in [1.165, 1.54) is 195 Å². The van der Waals surface area contributed by atoms with Crippen molar-refractivity contribution in [2.75, 3.05) is 0 Å². The standard InChI is InChI=1S/C76H48/c1-41-17-13-18-42(2)63(41)71-53-29-11-9-27-51(53)67(49-31-15-23-45-21-5-7-25-47(45)49)73-59-37-33-55-58-36-40-62-70-60(38-34-56(66(58)70)57-35-39-61(75(71)73)69(59)65(55)57)74-68(50-32-16-24-46-22-6-8-26-48(46)50)52-28-10-12-30-54(52)72(76(62)74)64-43(3)19-14-20-44(64)4/h5-40H,1-4H3. The van der Waals surface area contributed by atoms with Crippen molar-refractivity contribution in [3.05, 3.63) is 282 Å². The number of rotatable bonds is 4. The van der Waals surface area contributed by atoms with Crippen molar-refractivity contribution in [3.63, 3.8) is 0 Å². The number of fused-ring (bicyclic) bond motifs is 8. The van der Waals surface area contributed by atoms with Crippen LogP contribution in [0.2, 0.25) is 0 Å². The van der Waals surface area contributed by atoms with Gasteiger partial charge in [-0.2, -0.15) is 0 Å². The van der Waals surface area contributed by atoms with Crippen LogP contribution in [-0.4, -0.2) is 0 Å². The molecule has 0 bridgehead atoms. The largest absolute Gasteiger partial charge is 0.0617 e. The topological polar surface area (TPSA) is 0 Å². The van der Waals surface area contributed by atoms with Gasteiger partial charge in [-0.05, 0) is 222 Å². The molecule has 2 aliphatic carbocycles. The summed E-state index contributed by atoms with van der Waals surface area (Å²) < 4.78 is 0. The molecule has 0 aliphatic heterocycles. The van der Waals surface area contributed by atoms with Crippen molar-refractivity contribution >= 4 is 86.2 Å². The van der Waals surface area contributed by atoms with Crippen LogP contribution in [-0.2, 0) is 0 Å². The van der Waals surface area contributed by atoms with Crippen LogP contribution >= 0.6 is 0 Å². The molecule has 0 N–H and O–H groups in total. The number of hydrogen-bond donors (Lipinski definition) is 0. The normalized spacial score (nSPS) is 12.5. The maximum Gasteiger partial charge on any atom is -0.000718 e. The van der Waals surface area contributed by atoms with Crippen LogP contribution in [0.1, 0.15) is 22.3 Å². The Bertz CT molecular complexity index is 5200. The zero-order valence-corrected chi connectivity index (χ0v) is 42.8. The van der Waals surface area contributed by atoms with Gasteiger partial charge < -0.3 is 0 Å². The van der Waals surface area contributed by atoms with E-state index in [9.17, 15) is 0 Å². The van der Waals surface area contributed by atoms with Gasteiger partial charge in [0.2, 0.25) is 0 Å². The minimum atomic E-state index is 1.26. The first-order valence-electron chi connectivity index (χ1n) is 26.9. The fourth-order valence-corrected chi connectivity index (χ4v) is 15.1. The van der Waals surface area contributed by atoms with E-state index in [1.54, 1.807) is 0 Å². The van der Waals surface area contributed by atoms with Crippen LogP contribution in [0.5, 0.6) is 0 Å². The maximum absolute atomic E-state index is 2.49. The fraction of sp³-hybridized carbons (Fsp3) is 0.0526. The molecule has 76 heavy (non-hydrogen) atoms. The summed E-state index contributed by atoms with van der Waals surface area (Å²) in [5, 5.41) is 31.6. The molecule has 2 aliphatic rings. The second-order valence-corrected chi connectivity index (χ2v) is 21.8. The molecule has 0 saturated carbocycles. The third-order valence-electron chi connectivity index (χ3n) is 18.0. The summed E-state index contributed by atoms with van der Waals surface area (Å²) in [5.41, 5.74) is 15.7. The lowest BCUT2D eigenvalue weighted by atomic mass is 9.84. The molecule has 0 heterocycles. The lowest BCUT2D eigenvalue weighted by molar-refractivity contribution is 1.37. The zero-order chi connectivity index (χ0) is 50.2. The Morgan fingerprint density at radius 3 is 0.816 bits per heavy atom. The van der Waals surface area contributed by atoms with Crippen molar-refractivity contribution in [3.8, 4) is 44.5 Å². The van der Waals surface area contributed by atoms with Crippen LogP contribution in [0.15, 0.2) is 218 Å². The predicted molar refractivity (Wildman–Crippen MR) is 322 cm³/mol. The molecule has 352 valence electrons. The van der Waals surface area contributed by atoms with Gasteiger partial charge in [0, 0.05) is 0 Å². The van der Waals surface area contributed by atoms with Crippen molar-refractivity contribution in [2.45, 2.75) is 27.7 Å². The van der Waals surface area contributed by atoms with Gasteiger partial charge >= 0.3 is 0 Å². The summed E-state index contributed by atoms with van der Waals surface area (Å²) in [7, 11) is 0. The van der Waals surface area contributed by atoms with Crippen LogP contribution in [0.4, 0.5) is 0 Å². The van der Waals surface area contributed by atoms with Crippen molar-refractivity contribution in [1.29, 1.82) is 0 Å². The molecule has 0 unspecified atom stereocenters. The molecule has 0 nitrogen and oxygen atoms in total. The average molecular weight is 961 g/mol. The van der Waals surface area contributed by atoms with Crippen molar-refractivity contribution < 1.29 is 0 Å². The summed E-state index contributed by atoms with van der Waals surface area (Å²) in [5.74, 6) is 0. The Morgan fingerprint density at radius 1 is 0.184 bits per heavy atom. The molecule has 0 spiro atoms. The summed E-state index contributed by atoms with van der Waals surface area (Å²) in [6, 6.07) is 83.5. The first-order chi connectivity index (χ1) is 37.4. The molecule has 0 fully saturated rings. The number of aryl methyl sites for hydroxylation is 4. The highest BCUT2D eigenvalue weighted by Gasteiger charge is 2.27. The third-order valence-corrected chi connectivity index (χ3v) is 18.0. The summed E-state index contributed by atoms with van der Waals surface area (Å²) in [6.07, 6.45) is 0. The lowest BCUT2D eigenvalue weighted by Gasteiger charge is -2.18. The summed E-state index contributed by atoms with van der Waals surface area (Å²) in [4.78, 5) is 0. The molecule has 0 aromatic heterocycles. The van der Waals surface area contributed by atoms with E-state index in [2.05, 4.69) is 246 Å². The van der Waals surface area contributed by atoms with Gasteiger partial charge in [-0.25, -0.2) is 0 Å². The third kappa shape index (κ3) is 5.28. The van der Waals surface area contributed by atoms with Crippen LogP contribution < -0.4 is 0 Å². The first-order valence-corrected chi connectivity index (χ1v) is 26.9. The van der Waals surface area contributed by atoms with Gasteiger partial charge in [0.1, 0.15) is 0 Å². The molecule has 0 saturated heterocycles. The van der Waals surface area contributed by atoms with E-state index in [0.29, 0.717) is 0 Å². The summed E-state index contributed by atoms with van der Waals surface area (Å²) >= 11 is 0. The molecule has 15 aromatic rings. The Labute approximate surface area is 438 Å². The van der Waals surface area contributed by atoms with E-state index in [1.807, 2.05) is 0 Å². The van der Waals surface area contributed by atoms with E-state index in [-0.39, 0.29) is 0 Å². The van der Waals surface area contributed by atoms with E-state index in [0.717, 1.165) is 0 Å². The molecular formula is C76H48. The molecule has 0 atom stereocenters. The van der Waals surface area contributed by atoms with Crippen LogP contribution in [0.25, 0.3) is 131 Å². The molecule has 17 rings (SSSR count). The van der Waals surface area contributed by atoms with Gasteiger partial charge in [0.05, 0.1) is 0 Å². The Kier molecular flexibility index (Phi) is 8.37. The maximum atomic E-state index is 2.49. The van der Waals surface area contributed by atoms with Crippen LogP contribution in [0.3, 0.4) is 0 Å². The second-order valence-electron chi connectivity index (χ2n) is 21.8. The predicted octanol–water partition coefficient (Wildman–Crippen LogP) is 20.0. The quantitative estimate of drug-likeness (QED) is 0.122. The molecule has 0 amide bonds. The van der Waals surface area contributed by atoms with Gasteiger partial charge in [0.15, 0.2) is 0 Å². The van der Waals surface area contributed by atoms with E-state index >= 15 is 0 Å². The van der Waals surface area contributed by atoms with Gasteiger partial charge in [0.25, 0.3) is 0 Å². The second kappa shape index (κ2) is 15.1. The monoisotopic (exact) mass is 960 g/mol. The number of hydrogen-bond acceptors (Lipinski definition) is 0. The lowest BCUT2D eigenvalue weighted by Crippen LogP contribution is -1.96. The zero-order valence-electron chi connectivity index (χ0n) is 42.8. The smallest absolute Gasteiger partial charge is 0.000718 e. The number of benzene rings is 15. The minimum Gasteiger partial charge on any atom is -0.0617 e. The van der Waals surface area contributed by atoms with Gasteiger partial charge in [-0.15, -0.1) is 0 Å². The fourth-order valence-electron chi connectivity index (χ4n) is 15.1. The molecule has 0 radical (unpaired) electrons. The highest BCUT2D eigenvalue weighted by Crippen LogP contribution is 2.50. The van der Waals surface area contributed by atoms with Gasteiger partial charge in [-0.1, -0.05) is 218 Å².